The summed E-state index contributed by atoms with van der Waals surface area (Å²) in [5, 5.41) is 13.3. The molecule has 2 aromatic heterocycles. The summed E-state index contributed by atoms with van der Waals surface area (Å²) in [5.74, 6) is -1.45. The number of carbonyl (C=O) groups is 2. The molecule has 1 unspecified atom stereocenters. The fourth-order valence-electron chi connectivity index (χ4n) is 1.58. The number of carbonyl (C=O) groups excluding carboxylic acids is 1. The molecule has 2 rings (SSSR count). The van der Waals surface area contributed by atoms with Crippen molar-refractivity contribution in [1.82, 2.24) is 5.32 Å². The lowest BCUT2D eigenvalue weighted by Gasteiger charge is -2.14. The number of carboxylic acid groups (broad SMARTS) is 1. The van der Waals surface area contributed by atoms with Crippen LogP contribution in [-0.4, -0.2) is 17.0 Å². The summed E-state index contributed by atoms with van der Waals surface area (Å²) in [4.78, 5) is 23.6. The summed E-state index contributed by atoms with van der Waals surface area (Å²) < 4.78 is 4.83. The largest absolute Gasteiger partial charge is 0.481 e. The Morgan fingerprint density at radius 1 is 1.47 bits per heavy atom. The van der Waals surface area contributed by atoms with E-state index in [9.17, 15) is 9.59 Å². The van der Waals surface area contributed by atoms with Crippen molar-refractivity contribution in [2.45, 2.75) is 12.5 Å². The van der Waals surface area contributed by atoms with Crippen molar-refractivity contribution in [3.63, 3.8) is 0 Å². The topological polar surface area (TPSA) is 79.5 Å². The Labute approximate surface area is 117 Å². The SMILES string of the molecule is O=C(O)CC(NC(=O)c1ccoc1Cl)c1cccs1. The minimum absolute atomic E-state index is 0.0160. The number of nitrogens with one attached hydrogen (secondary N) is 1. The van der Waals surface area contributed by atoms with Crippen molar-refractivity contribution in [1.29, 1.82) is 0 Å². The van der Waals surface area contributed by atoms with Gasteiger partial charge in [-0.15, -0.1) is 11.3 Å². The lowest BCUT2D eigenvalue weighted by Crippen LogP contribution is -2.29. The van der Waals surface area contributed by atoms with Gasteiger partial charge in [0.2, 0.25) is 5.22 Å². The summed E-state index contributed by atoms with van der Waals surface area (Å²) in [6.45, 7) is 0. The summed E-state index contributed by atoms with van der Waals surface area (Å²) in [6.07, 6.45) is 1.11. The van der Waals surface area contributed by atoms with Crippen molar-refractivity contribution < 1.29 is 19.1 Å². The molecule has 0 radical (unpaired) electrons. The molecular weight excluding hydrogens is 290 g/mol. The monoisotopic (exact) mass is 299 g/mol. The number of thiophene rings is 1. The van der Waals surface area contributed by atoms with Gasteiger partial charge in [0.15, 0.2) is 0 Å². The van der Waals surface area contributed by atoms with Gasteiger partial charge in [0.25, 0.3) is 5.91 Å². The third-order valence-corrected chi connectivity index (χ3v) is 3.71. The molecule has 100 valence electrons. The van der Waals surface area contributed by atoms with Gasteiger partial charge in [0.05, 0.1) is 24.3 Å². The highest BCUT2D eigenvalue weighted by Gasteiger charge is 2.21. The molecule has 0 bridgehead atoms. The fourth-order valence-corrected chi connectivity index (χ4v) is 2.56. The highest BCUT2D eigenvalue weighted by molar-refractivity contribution is 7.10. The van der Waals surface area contributed by atoms with Crippen molar-refractivity contribution >= 4 is 34.8 Å². The zero-order chi connectivity index (χ0) is 13.8. The Hall–Kier alpha value is -1.79. The number of rotatable bonds is 5. The van der Waals surface area contributed by atoms with E-state index in [1.165, 1.54) is 23.7 Å². The van der Waals surface area contributed by atoms with Crippen LogP contribution in [0.15, 0.2) is 34.3 Å². The Bertz CT molecular complexity index is 578. The molecule has 5 nitrogen and oxygen atoms in total. The molecule has 0 aromatic carbocycles. The molecule has 2 N–H and O–H groups in total. The van der Waals surface area contributed by atoms with E-state index < -0.39 is 17.9 Å². The molecule has 2 heterocycles. The van der Waals surface area contributed by atoms with Gasteiger partial charge in [-0.2, -0.15) is 0 Å². The average Bonchev–Trinajstić information content (AvgIpc) is 2.97. The van der Waals surface area contributed by atoms with Crippen molar-refractivity contribution in [3.05, 3.63) is 45.5 Å². The lowest BCUT2D eigenvalue weighted by molar-refractivity contribution is -0.137. The number of furan rings is 1. The zero-order valence-electron chi connectivity index (χ0n) is 9.63. The van der Waals surface area contributed by atoms with Gasteiger partial charge in [-0.05, 0) is 29.1 Å². The zero-order valence-corrected chi connectivity index (χ0v) is 11.2. The van der Waals surface area contributed by atoms with Gasteiger partial charge in [0, 0.05) is 4.88 Å². The van der Waals surface area contributed by atoms with E-state index >= 15 is 0 Å². The smallest absolute Gasteiger partial charge is 0.305 e. The van der Waals surface area contributed by atoms with Gasteiger partial charge in [-0.25, -0.2) is 0 Å². The van der Waals surface area contributed by atoms with Crippen LogP contribution in [0.4, 0.5) is 0 Å². The minimum Gasteiger partial charge on any atom is -0.481 e. The number of carboxylic acids is 1. The number of hydrogen-bond acceptors (Lipinski definition) is 4. The van der Waals surface area contributed by atoms with Crippen LogP contribution in [0, 0.1) is 0 Å². The average molecular weight is 300 g/mol. The van der Waals surface area contributed by atoms with Gasteiger partial charge in [-0.3, -0.25) is 9.59 Å². The van der Waals surface area contributed by atoms with Crippen molar-refractivity contribution in [3.8, 4) is 0 Å². The quantitative estimate of drug-likeness (QED) is 0.889. The molecule has 1 amide bonds. The maximum Gasteiger partial charge on any atom is 0.305 e. The molecule has 0 aliphatic heterocycles. The lowest BCUT2D eigenvalue weighted by atomic mass is 10.1. The highest BCUT2D eigenvalue weighted by atomic mass is 35.5. The number of amides is 1. The van der Waals surface area contributed by atoms with E-state index in [2.05, 4.69) is 5.32 Å². The second-order valence-electron chi connectivity index (χ2n) is 3.75. The molecular formula is C12H10ClNO4S. The van der Waals surface area contributed by atoms with Gasteiger partial charge < -0.3 is 14.8 Å². The van der Waals surface area contributed by atoms with E-state index in [4.69, 9.17) is 21.1 Å². The third-order valence-electron chi connectivity index (χ3n) is 2.43. The van der Waals surface area contributed by atoms with Crippen LogP contribution < -0.4 is 5.32 Å². The van der Waals surface area contributed by atoms with E-state index in [0.717, 1.165) is 4.88 Å². The number of hydrogen-bond donors (Lipinski definition) is 2. The third kappa shape index (κ3) is 3.36. The van der Waals surface area contributed by atoms with E-state index in [-0.39, 0.29) is 17.2 Å². The van der Waals surface area contributed by atoms with Crippen molar-refractivity contribution in [2.75, 3.05) is 0 Å². The molecule has 7 heteroatoms. The first-order valence-corrected chi connectivity index (χ1v) is 6.62. The Kier molecular flexibility index (Phi) is 4.24. The molecule has 19 heavy (non-hydrogen) atoms. The minimum atomic E-state index is -0.989. The predicted octanol–water partition coefficient (Wildman–Crippen LogP) is 2.94. The van der Waals surface area contributed by atoms with Crippen LogP contribution in [-0.2, 0) is 4.79 Å². The maximum atomic E-state index is 12.0. The maximum absolute atomic E-state index is 12.0. The van der Waals surface area contributed by atoms with Crippen LogP contribution in [0.2, 0.25) is 5.22 Å². The predicted molar refractivity (Wildman–Crippen MR) is 70.5 cm³/mol. The Morgan fingerprint density at radius 2 is 2.26 bits per heavy atom. The summed E-state index contributed by atoms with van der Waals surface area (Å²) >= 11 is 7.09. The highest BCUT2D eigenvalue weighted by Crippen LogP contribution is 2.24. The van der Waals surface area contributed by atoms with E-state index in [1.54, 1.807) is 12.1 Å². The van der Waals surface area contributed by atoms with Gasteiger partial charge in [-0.1, -0.05) is 6.07 Å². The second-order valence-corrected chi connectivity index (χ2v) is 5.07. The van der Waals surface area contributed by atoms with Crippen LogP contribution in [0.5, 0.6) is 0 Å². The summed E-state index contributed by atoms with van der Waals surface area (Å²) in [6, 6.07) is 4.42. The summed E-state index contributed by atoms with van der Waals surface area (Å²) in [7, 11) is 0. The van der Waals surface area contributed by atoms with Crippen LogP contribution >= 0.6 is 22.9 Å². The van der Waals surface area contributed by atoms with E-state index in [1.807, 2.05) is 5.38 Å². The first-order valence-electron chi connectivity index (χ1n) is 5.37. The summed E-state index contributed by atoms with van der Waals surface area (Å²) in [5.41, 5.74) is 0.189. The normalized spacial score (nSPS) is 12.1. The van der Waals surface area contributed by atoms with Crippen LogP contribution in [0.1, 0.15) is 27.7 Å². The first kappa shape index (κ1) is 13.6. The van der Waals surface area contributed by atoms with Crippen LogP contribution in [0.3, 0.4) is 0 Å². The van der Waals surface area contributed by atoms with Crippen molar-refractivity contribution in [2.24, 2.45) is 0 Å². The molecule has 0 saturated carbocycles. The molecule has 0 aliphatic carbocycles. The molecule has 0 saturated heterocycles. The number of aliphatic carboxylic acids is 1. The molecule has 0 spiro atoms. The first-order chi connectivity index (χ1) is 9.08. The van der Waals surface area contributed by atoms with Crippen LogP contribution in [0.25, 0.3) is 0 Å². The standard InChI is InChI=1S/C12H10ClNO4S/c13-11-7(3-4-18-11)12(17)14-8(6-10(15)16)9-2-1-5-19-9/h1-5,8H,6H2,(H,14,17)(H,15,16). The Balaban J connectivity index is 2.15. The molecule has 1 atom stereocenters. The van der Waals surface area contributed by atoms with E-state index in [0.29, 0.717) is 0 Å². The Morgan fingerprint density at radius 3 is 2.79 bits per heavy atom. The molecule has 0 aliphatic rings. The van der Waals surface area contributed by atoms with Gasteiger partial charge in [0.1, 0.15) is 0 Å². The van der Waals surface area contributed by atoms with Gasteiger partial charge >= 0.3 is 5.97 Å². The molecule has 0 fully saturated rings. The fraction of sp³-hybridized carbons (Fsp3) is 0.167. The second kappa shape index (κ2) is 5.90. The molecule has 2 aromatic rings. The number of halogens is 1.